The van der Waals surface area contributed by atoms with Gasteiger partial charge in [-0.15, -0.1) is 0 Å². The van der Waals surface area contributed by atoms with Crippen LogP contribution in [0.25, 0.3) is 6.08 Å². The molecule has 36 heavy (non-hydrogen) atoms. The second kappa shape index (κ2) is 12.1. The number of ether oxygens (including phenoxy) is 3. The number of carbonyl (C=O) groups is 2. The van der Waals surface area contributed by atoms with Gasteiger partial charge in [0.25, 0.3) is 5.91 Å². The first-order valence-corrected chi connectivity index (χ1v) is 12.3. The summed E-state index contributed by atoms with van der Waals surface area (Å²) in [6.07, 6.45) is 1.36. The van der Waals surface area contributed by atoms with Crippen molar-refractivity contribution in [1.29, 1.82) is 5.26 Å². The Kier molecular flexibility index (Phi) is 9.15. The van der Waals surface area contributed by atoms with E-state index in [4.69, 9.17) is 25.8 Å². The molecule has 0 fully saturated rings. The number of nitrogens with zero attached hydrogens (tertiary/aromatic N) is 1. The van der Waals surface area contributed by atoms with E-state index in [1.54, 1.807) is 24.3 Å². The number of anilines is 1. The molecule has 0 aromatic heterocycles. The molecule has 0 saturated heterocycles. The first-order chi connectivity index (χ1) is 17.2. The Labute approximate surface area is 229 Å². The van der Waals surface area contributed by atoms with Gasteiger partial charge in [-0.2, -0.15) is 5.26 Å². The van der Waals surface area contributed by atoms with Gasteiger partial charge < -0.3 is 19.5 Å². The number of hydrogen-bond acceptors (Lipinski definition) is 6. The average Bonchev–Trinajstić information content (AvgIpc) is 2.85. The van der Waals surface area contributed by atoms with Gasteiger partial charge in [0.1, 0.15) is 17.4 Å². The number of carbonyl (C=O) groups excluding carboxylic acids is 2. The Morgan fingerprint density at radius 1 is 1.03 bits per heavy atom. The van der Waals surface area contributed by atoms with Gasteiger partial charge in [-0.25, -0.2) is 4.79 Å². The van der Waals surface area contributed by atoms with Crippen molar-refractivity contribution in [3.05, 3.63) is 84.8 Å². The van der Waals surface area contributed by atoms with Gasteiger partial charge in [0.05, 0.1) is 30.5 Å². The van der Waals surface area contributed by atoms with Gasteiger partial charge in [0.15, 0.2) is 11.5 Å². The van der Waals surface area contributed by atoms with Crippen LogP contribution in [-0.4, -0.2) is 26.1 Å². The summed E-state index contributed by atoms with van der Waals surface area (Å²) in [5.74, 6) is -0.511. The Bertz CT molecular complexity index is 1380. The predicted octanol–water partition coefficient (Wildman–Crippen LogP) is 6.96. The van der Waals surface area contributed by atoms with E-state index in [2.05, 4.69) is 37.2 Å². The van der Waals surface area contributed by atoms with Gasteiger partial charge in [-0.05, 0) is 105 Å². The van der Waals surface area contributed by atoms with Crippen molar-refractivity contribution in [3.8, 4) is 23.3 Å². The molecule has 0 spiro atoms. The van der Waals surface area contributed by atoms with Gasteiger partial charge in [0, 0.05) is 8.95 Å². The quantitative estimate of drug-likeness (QED) is 0.131. The van der Waals surface area contributed by atoms with Crippen LogP contribution in [0.15, 0.2) is 63.0 Å². The first-order valence-electron chi connectivity index (χ1n) is 10.3. The highest BCUT2D eigenvalue weighted by Gasteiger charge is 2.19. The second-order valence-corrected chi connectivity index (χ2v) is 9.50. The average molecular weight is 635 g/mol. The Balaban J connectivity index is 1.87. The molecule has 0 radical (unpaired) electrons. The van der Waals surface area contributed by atoms with Crippen molar-refractivity contribution in [2.24, 2.45) is 0 Å². The number of nitriles is 1. The lowest BCUT2D eigenvalue weighted by molar-refractivity contribution is -0.112. The summed E-state index contributed by atoms with van der Waals surface area (Å²) in [5.41, 5.74) is 1.99. The first kappa shape index (κ1) is 27.3. The fourth-order valence-corrected chi connectivity index (χ4v) is 4.99. The number of amides is 1. The minimum Gasteiger partial charge on any atom is -0.497 e. The number of aryl methyl sites for hydroxylation is 1. The molecule has 3 aromatic carbocycles. The van der Waals surface area contributed by atoms with Gasteiger partial charge in [-0.1, -0.05) is 11.6 Å². The number of halogens is 3. The van der Waals surface area contributed by atoms with E-state index in [9.17, 15) is 14.9 Å². The molecule has 0 unspecified atom stereocenters. The van der Waals surface area contributed by atoms with E-state index >= 15 is 0 Å². The van der Waals surface area contributed by atoms with Gasteiger partial charge >= 0.3 is 5.97 Å². The summed E-state index contributed by atoms with van der Waals surface area (Å²) in [4.78, 5) is 25.4. The lowest BCUT2D eigenvalue weighted by Crippen LogP contribution is -2.14. The molecule has 7 nitrogen and oxygen atoms in total. The maximum Gasteiger partial charge on any atom is 0.343 e. The topological polar surface area (TPSA) is 97.7 Å². The van der Waals surface area contributed by atoms with Crippen LogP contribution < -0.4 is 19.5 Å². The highest BCUT2D eigenvalue weighted by Crippen LogP contribution is 2.38. The van der Waals surface area contributed by atoms with Gasteiger partial charge in [-0.3, -0.25) is 4.79 Å². The van der Waals surface area contributed by atoms with Crippen LogP contribution in [0.3, 0.4) is 0 Å². The molecule has 3 rings (SSSR count). The normalized spacial score (nSPS) is 10.9. The number of nitrogens with one attached hydrogen (secondary N) is 1. The molecule has 0 bridgehead atoms. The Morgan fingerprint density at radius 3 is 2.22 bits per heavy atom. The molecule has 3 aromatic rings. The number of esters is 1. The molecule has 184 valence electrons. The summed E-state index contributed by atoms with van der Waals surface area (Å²) in [6, 6.07) is 14.9. The van der Waals surface area contributed by atoms with Crippen LogP contribution in [0.1, 0.15) is 21.5 Å². The number of methoxy groups -OCH3 is 2. The molecule has 0 heterocycles. The van der Waals surface area contributed by atoms with Crippen LogP contribution in [0, 0.1) is 18.3 Å². The van der Waals surface area contributed by atoms with Crippen LogP contribution in [0.2, 0.25) is 5.02 Å². The lowest BCUT2D eigenvalue weighted by Gasteiger charge is -2.13. The van der Waals surface area contributed by atoms with Crippen molar-refractivity contribution in [2.75, 3.05) is 19.5 Å². The van der Waals surface area contributed by atoms with Crippen molar-refractivity contribution < 1.29 is 23.8 Å². The number of benzene rings is 3. The van der Waals surface area contributed by atoms with Crippen LogP contribution in [0.4, 0.5) is 5.69 Å². The summed E-state index contributed by atoms with van der Waals surface area (Å²) in [6.45, 7) is 1.91. The highest BCUT2D eigenvalue weighted by molar-refractivity contribution is 9.11. The van der Waals surface area contributed by atoms with Crippen LogP contribution in [-0.2, 0) is 4.79 Å². The van der Waals surface area contributed by atoms with E-state index in [-0.39, 0.29) is 27.7 Å². The van der Waals surface area contributed by atoms with E-state index < -0.39 is 11.9 Å². The van der Waals surface area contributed by atoms with E-state index in [1.807, 2.05) is 25.1 Å². The zero-order valence-electron chi connectivity index (χ0n) is 19.3. The van der Waals surface area contributed by atoms with E-state index in [0.29, 0.717) is 25.9 Å². The van der Waals surface area contributed by atoms with E-state index in [1.165, 1.54) is 32.4 Å². The highest BCUT2D eigenvalue weighted by atomic mass is 79.9. The summed E-state index contributed by atoms with van der Waals surface area (Å²) in [7, 11) is 2.91. The van der Waals surface area contributed by atoms with Crippen molar-refractivity contribution in [3.63, 3.8) is 0 Å². The van der Waals surface area contributed by atoms with Crippen molar-refractivity contribution >= 4 is 67.1 Å². The second-order valence-electron chi connectivity index (χ2n) is 7.38. The summed E-state index contributed by atoms with van der Waals surface area (Å²) >= 11 is 13.2. The third kappa shape index (κ3) is 6.46. The monoisotopic (exact) mass is 632 g/mol. The molecule has 0 saturated carbocycles. The molecule has 0 aliphatic carbocycles. The number of hydrogen-bond donors (Lipinski definition) is 1. The zero-order valence-corrected chi connectivity index (χ0v) is 23.2. The molecule has 1 N–H and O–H groups in total. The standard InChI is InChI=1S/C26H19Br2ClN2O5/c1-14-8-19(27)23(20(28)9-14)31-25(32)17(13-30)10-15-11-21(29)24(22(12-15)35-3)36-26(33)16-4-6-18(34-2)7-5-16/h4-12H,1-3H3,(H,31,32)/b17-10+. The fraction of sp³-hybridized carbons (Fsp3) is 0.115. The fourth-order valence-electron chi connectivity index (χ4n) is 3.12. The van der Waals surface area contributed by atoms with Crippen molar-refractivity contribution in [1.82, 2.24) is 0 Å². The largest absolute Gasteiger partial charge is 0.497 e. The third-order valence-electron chi connectivity index (χ3n) is 4.87. The SMILES string of the molecule is COc1ccc(C(=O)Oc2c(Cl)cc(/C=C(\C#N)C(=O)Nc3c(Br)cc(C)cc3Br)cc2OC)cc1. The minimum absolute atomic E-state index is 0.00705. The lowest BCUT2D eigenvalue weighted by atomic mass is 10.1. The smallest absolute Gasteiger partial charge is 0.343 e. The van der Waals surface area contributed by atoms with Crippen LogP contribution in [0.5, 0.6) is 17.2 Å². The van der Waals surface area contributed by atoms with Gasteiger partial charge in [0.2, 0.25) is 0 Å². The molecule has 0 aliphatic heterocycles. The van der Waals surface area contributed by atoms with Crippen LogP contribution >= 0.6 is 43.5 Å². The Hall–Kier alpha value is -3.32. The summed E-state index contributed by atoms with van der Waals surface area (Å²) in [5, 5.41) is 12.4. The van der Waals surface area contributed by atoms with E-state index in [0.717, 1.165) is 5.56 Å². The summed E-state index contributed by atoms with van der Waals surface area (Å²) < 4.78 is 17.2. The molecule has 1 amide bonds. The van der Waals surface area contributed by atoms with Crippen molar-refractivity contribution in [2.45, 2.75) is 6.92 Å². The molecule has 10 heteroatoms. The number of rotatable bonds is 7. The Morgan fingerprint density at radius 2 is 1.67 bits per heavy atom. The maximum atomic E-state index is 12.8. The minimum atomic E-state index is -0.646. The molecule has 0 atom stereocenters. The predicted molar refractivity (Wildman–Crippen MR) is 145 cm³/mol. The molecular formula is C26H19Br2ClN2O5. The maximum absolute atomic E-state index is 12.8. The molecular weight excluding hydrogens is 616 g/mol. The zero-order chi connectivity index (χ0) is 26.4. The molecule has 0 aliphatic rings. The third-order valence-corrected chi connectivity index (χ3v) is 6.40.